The average molecular weight is 358 g/mol. The average Bonchev–Trinajstić information content (AvgIpc) is 2.98. The summed E-state index contributed by atoms with van der Waals surface area (Å²) in [6.07, 6.45) is 7.13. The highest BCUT2D eigenvalue weighted by Gasteiger charge is 2.29. The fraction of sp³-hybridized carbons (Fsp3) is 0.400. The number of halogens is 1. The first-order valence-corrected chi connectivity index (χ1v) is 9.24. The molecule has 4 nitrogen and oxygen atoms in total. The number of aromatic nitrogens is 1. The predicted octanol–water partition coefficient (Wildman–Crippen LogP) is 3.45. The number of amides is 1. The first-order valence-electron chi connectivity index (χ1n) is 8.86. The van der Waals surface area contributed by atoms with E-state index in [1.807, 2.05) is 35.4 Å². The van der Waals surface area contributed by atoms with E-state index in [-0.39, 0.29) is 5.91 Å². The molecule has 1 atom stereocenters. The summed E-state index contributed by atoms with van der Waals surface area (Å²) in [5.74, 6) is 0.277. The van der Waals surface area contributed by atoms with Crippen molar-refractivity contribution in [2.24, 2.45) is 0 Å². The van der Waals surface area contributed by atoms with Crippen LogP contribution < -0.4 is 5.32 Å². The Morgan fingerprint density at radius 1 is 1.24 bits per heavy atom. The number of likely N-dealkylation sites (tertiary alicyclic amines) is 1. The van der Waals surface area contributed by atoms with Crippen LogP contribution in [0.4, 0.5) is 0 Å². The molecular weight excluding hydrogens is 334 g/mol. The van der Waals surface area contributed by atoms with Crippen molar-refractivity contribution < 1.29 is 4.79 Å². The van der Waals surface area contributed by atoms with E-state index in [0.29, 0.717) is 12.5 Å². The summed E-state index contributed by atoms with van der Waals surface area (Å²) in [6, 6.07) is 12.2. The minimum Gasteiger partial charge on any atom is -0.339 e. The van der Waals surface area contributed by atoms with E-state index in [1.165, 1.54) is 11.1 Å². The van der Waals surface area contributed by atoms with E-state index < -0.39 is 0 Å². The zero-order chi connectivity index (χ0) is 17.5. The van der Waals surface area contributed by atoms with Gasteiger partial charge in [-0.3, -0.25) is 9.78 Å². The third kappa shape index (κ3) is 5.28. The summed E-state index contributed by atoms with van der Waals surface area (Å²) in [7, 11) is 0. The van der Waals surface area contributed by atoms with Crippen LogP contribution in [-0.4, -0.2) is 34.9 Å². The van der Waals surface area contributed by atoms with Gasteiger partial charge in [0.2, 0.25) is 5.91 Å². The summed E-state index contributed by atoms with van der Waals surface area (Å²) >= 11 is 6.04. The van der Waals surface area contributed by atoms with Crippen LogP contribution in [0.25, 0.3) is 0 Å². The molecule has 1 amide bonds. The molecule has 2 aromatic rings. The van der Waals surface area contributed by atoms with Gasteiger partial charge < -0.3 is 10.2 Å². The molecule has 0 bridgehead atoms. The van der Waals surface area contributed by atoms with Crippen molar-refractivity contribution in [3.63, 3.8) is 0 Å². The standard InChI is InChI=1S/C20H24ClN3O/c21-18-5-1-3-16(13-18)9-12-24-19(6-7-20(24)25)8-11-23-15-17-4-2-10-22-14-17/h1-5,10,13-14,19,23H,6-9,11-12,15H2. The van der Waals surface area contributed by atoms with E-state index in [1.54, 1.807) is 6.20 Å². The van der Waals surface area contributed by atoms with E-state index in [4.69, 9.17) is 11.6 Å². The number of rotatable bonds is 8. The molecule has 0 radical (unpaired) electrons. The Bertz CT molecular complexity index is 692. The van der Waals surface area contributed by atoms with E-state index in [2.05, 4.69) is 22.4 Å². The predicted molar refractivity (Wildman–Crippen MR) is 100 cm³/mol. The van der Waals surface area contributed by atoms with Crippen LogP contribution in [0, 0.1) is 0 Å². The van der Waals surface area contributed by atoms with Gasteiger partial charge in [-0.05, 0) is 55.1 Å². The number of nitrogens with zero attached hydrogens (tertiary/aromatic N) is 2. The second-order valence-corrected chi connectivity index (χ2v) is 6.92. The molecule has 1 aliphatic heterocycles. The zero-order valence-electron chi connectivity index (χ0n) is 14.3. The van der Waals surface area contributed by atoms with Crippen molar-refractivity contribution >= 4 is 17.5 Å². The van der Waals surface area contributed by atoms with Crippen molar-refractivity contribution in [3.8, 4) is 0 Å². The Morgan fingerprint density at radius 2 is 2.12 bits per heavy atom. The minimum absolute atomic E-state index is 0.277. The van der Waals surface area contributed by atoms with E-state index in [0.717, 1.165) is 43.9 Å². The van der Waals surface area contributed by atoms with Crippen molar-refractivity contribution in [2.45, 2.75) is 38.3 Å². The number of carbonyl (C=O) groups excluding carboxylic acids is 1. The monoisotopic (exact) mass is 357 g/mol. The van der Waals surface area contributed by atoms with Crippen LogP contribution in [0.1, 0.15) is 30.4 Å². The first-order chi connectivity index (χ1) is 12.2. The molecule has 0 saturated carbocycles. The third-order valence-corrected chi connectivity index (χ3v) is 4.92. The van der Waals surface area contributed by atoms with Crippen molar-refractivity contribution in [3.05, 3.63) is 64.9 Å². The second-order valence-electron chi connectivity index (χ2n) is 6.49. The lowest BCUT2D eigenvalue weighted by Gasteiger charge is -2.25. The molecule has 0 aliphatic carbocycles. The highest BCUT2D eigenvalue weighted by atomic mass is 35.5. The van der Waals surface area contributed by atoms with E-state index >= 15 is 0 Å². The maximum Gasteiger partial charge on any atom is 0.222 e. The second kappa shape index (κ2) is 8.97. The first kappa shape index (κ1) is 17.9. The van der Waals surface area contributed by atoms with Crippen LogP contribution in [0.3, 0.4) is 0 Å². The summed E-state index contributed by atoms with van der Waals surface area (Å²) in [5.41, 5.74) is 2.36. The smallest absolute Gasteiger partial charge is 0.222 e. The largest absolute Gasteiger partial charge is 0.339 e. The summed E-state index contributed by atoms with van der Waals surface area (Å²) in [5, 5.41) is 4.20. The van der Waals surface area contributed by atoms with Crippen LogP contribution in [-0.2, 0) is 17.8 Å². The number of carbonyl (C=O) groups is 1. The summed E-state index contributed by atoms with van der Waals surface area (Å²) in [4.78, 5) is 18.4. The molecule has 1 aliphatic rings. The Kier molecular flexibility index (Phi) is 6.42. The zero-order valence-corrected chi connectivity index (χ0v) is 15.1. The molecule has 1 fully saturated rings. The van der Waals surface area contributed by atoms with Crippen LogP contribution in [0.5, 0.6) is 0 Å². The molecule has 2 heterocycles. The Hall–Kier alpha value is -1.91. The van der Waals surface area contributed by atoms with Crippen LogP contribution in [0.2, 0.25) is 5.02 Å². The van der Waals surface area contributed by atoms with Gasteiger partial charge in [0.05, 0.1) is 0 Å². The van der Waals surface area contributed by atoms with Gasteiger partial charge in [-0.15, -0.1) is 0 Å². The van der Waals surface area contributed by atoms with Crippen molar-refractivity contribution in [1.82, 2.24) is 15.2 Å². The summed E-state index contributed by atoms with van der Waals surface area (Å²) in [6.45, 7) is 2.49. The number of hydrogen-bond donors (Lipinski definition) is 1. The quantitative estimate of drug-likeness (QED) is 0.736. The van der Waals surface area contributed by atoms with Crippen molar-refractivity contribution in [1.29, 1.82) is 0 Å². The Labute approximate surface area is 154 Å². The molecule has 1 saturated heterocycles. The van der Waals surface area contributed by atoms with Crippen molar-refractivity contribution in [2.75, 3.05) is 13.1 Å². The van der Waals surface area contributed by atoms with Gasteiger partial charge in [-0.2, -0.15) is 0 Å². The lowest BCUT2D eigenvalue weighted by Crippen LogP contribution is -2.36. The van der Waals surface area contributed by atoms with Gasteiger partial charge in [0.25, 0.3) is 0 Å². The topological polar surface area (TPSA) is 45.2 Å². The maximum atomic E-state index is 12.2. The number of pyridine rings is 1. The van der Waals surface area contributed by atoms with Crippen LogP contribution >= 0.6 is 11.6 Å². The molecule has 1 aromatic heterocycles. The fourth-order valence-corrected chi connectivity index (χ4v) is 3.56. The Morgan fingerprint density at radius 3 is 2.92 bits per heavy atom. The van der Waals surface area contributed by atoms with Gasteiger partial charge in [-0.1, -0.05) is 29.8 Å². The Balaban J connectivity index is 1.44. The SMILES string of the molecule is O=C1CCC(CCNCc2cccnc2)N1CCc1cccc(Cl)c1. The number of hydrogen-bond acceptors (Lipinski definition) is 3. The molecule has 0 spiro atoms. The maximum absolute atomic E-state index is 12.2. The fourth-order valence-electron chi connectivity index (χ4n) is 3.35. The lowest BCUT2D eigenvalue weighted by atomic mass is 10.1. The summed E-state index contributed by atoms with van der Waals surface area (Å²) < 4.78 is 0. The molecule has 1 unspecified atom stereocenters. The molecule has 132 valence electrons. The molecule has 5 heteroatoms. The van der Waals surface area contributed by atoms with Gasteiger partial charge in [0.15, 0.2) is 0 Å². The molecule has 25 heavy (non-hydrogen) atoms. The lowest BCUT2D eigenvalue weighted by molar-refractivity contribution is -0.129. The number of benzene rings is 1. The van der Waals surface area contributed by atoms with Gasteiger partial charge >= 0.3 is 0 Å². The van der Waals surface area contributed by atoms with Gasteiger partial charge in [-0.25, -0.2) is 0 Å². The normalized spacial score (nSPS) is 17.2. The highest BCUT2D eigenvalue weighted by Crippen LogP contribution is 2.22. The van der Waals surface area contributed by atoms with Crippen LogP contribution in [0.15, 0.2) is 48.8 Å². The molecular formula is C20H24ClN3O. The number of nitrogens with one attached hydrogen (secondary N) is 1. The third-order valence-electron chi connectivity index (χ3n) is 4.69. The van der Waals surface area contributed by atoms with Gasteiger partial charge in [0, 0.05) is 43.0 Å². The minimum atomic E-state index is 0.277. The molecule has 3 rings (SSSR count). The molecule has 1 aromatic carbocycles. The molecule has 1 N–H and O–H groups in total. The van der Waals surface area contributed by atoms with E-state index in [9.17, 15) is 4.79 Å². The van der Waals surface area contributed by atoms with Gasteiger partial charge in [0.1, 0.15) is 0 Å². The highest BCUT2D eigenvalue weighted by molar-refractivity contribution is 6.30.